The topological polar surface area (TPSA) is 171 Å². The smallest absolute Gasteiger partial charge is 0.327 e. The summed E-state index contributed by atoms with van der Waals surface area (Å²) in [6.45, 7) is 5.30. The summed E-state index contributed by atoms with van der Waals surface area (Å²) in [5, 5.41) is 26.0. The van der Waals surface area contributed by atoms with Gasteiger partial charge in [0.1, 0.15) is 23.9 Å². The number of aliphatic carboxylic acids is 1. The summed E-state index contributed by atoms with van der Waals surface area (Å²) in [6, 6.07) is 1.89. The van der Waals surface area contributed by atoms with Crippen LogP contribution in [0.15, 0.2) is 24.3 Å². The van der Waals surface area contributed by atoms with Crippen LogP contribution >= 0.6 is 12.6 Å². The van der Waals surface area contributed by atoms with Gasteiger partial charge < -0.3 is 31.9 Å². The van der Waals surface area contributed by atoms with Crippen LogP contribution in [0.1, 0.15) is 32.8 Å². The van der Waals surface area contributed by atoms with Gasteiger partial charge in [0.25, 0.3) is 0 Å². The highest BCUT2D eigenvalue weighted by atomic mass is 32.1. The van der Waals surface area contributed by atoms with Crippen LogP contribution in [0.4, 0.5) is 0 Å². The molecule has 7 N–H and O–H groups in total. The monoisotopic (exact) mass is 468 g/mol. The molecule has 178 valence electrons. The van der Waals surface area contributed by atoms with Crippen molar-refractivity contribution in [1.29, 1.82) is 0 Å². The molecule has 0 heterocycles. The van der Waals surface area contributed by atoms with E-state index < -0.39 is 47.9 Å². The summed E-state index contributed by atoms with van der Waals surface area (Å²) >= 11 is 3.92. The van der Waals surface area contributed by atoms with Crippen molar-refractivity contribution >= 4 is 36.3 Å². The maximum atomic E-state index is 12.7. The number of hydrogen-bond donors (Lipinski definition) is 7. The van der Waals surface area contributed by atoms with Gasteiger partial charge in [0.05, 0.1) is 6.04 Å². The zero-order valence-corrected chi connectivity index (χ0v) is 19.3. The van der Waals surface area contributed by atoms with Crippen molar-refractivity contribution in [3.8, 4) is 5.75 Å². The van der Waals surface area contributed by atoms with Gasteiger partial charge in [-0.25, -0.2) is 4.79 Å². The number of carboxylic acids is 1. The second-order valence-electron chi connectivity index (χ2n) is 7.98. The lowest BCUT2D eigenvalue weighted by Crippen LogP contribution is -2.57. The lowest BCUT2D eigenvalue weighted by molar-refractivity contribution is -0.141. The summed E-state index contributed by atoms with van der Waals surface area (Å²) in [7, 11) is 0. The van der Waals surface area contributed by atoms with Crippen LogP contribution in [0.2, 0.25) is 0 Å². The molecule has 4 unspecified atom stereocenters. The van der Waals surface area contributed by atoms with Crippen LogP contribution in [0.5, 0.6) is 5.75 Å². The molecule has 1 aromatic carbocycles. The molecule has 0 aromatic heterocycles. The number of carbonyl (C=O) groups excluding carboxylic acids is 3. The maximum absolute atomic E-state index is 12.7. The number of hydrogen-bond acceptors (Lipinski definition) is 7. The first-order valence-corrected chi connectivity index (χ1v) is 10.9. The molecule has 1 aromatic rings. The Labute approximate surface area is 192 Å². The van der Waals surface area contributed by atoms with E-state index in [-0.39, 0.29) is 23.8 Å². The van der Waals surface area contributed by atoms with Crippen LogP contribution < -0.4 is 21.7 Å². The van der Waals surface area contributed by atoms with Crippen molar-refractivity contribution in [3.05, 3.63) is 29.8 Å². The van der Waals surface area contributed by atoms with E-state index in [0.29, 0.717) is 12.0 Å². The van der Waals surface area contributed by atoms with Crippen LogP contribution in [0, 0.1) is 5.92 Å². The highest BCUT2D eigenvalue weighted by Gasteiger charge is 2.28. The molecule has 3 amide bonds. The number of phenols is 1. The van der Waals surface area contributed by atoms with Crippen LogP contribution in [0.25, 0.3) is 0 Å². The number of benzene rings is 1. The van der Waals surface area contributed by atoms with Gasteiger partial charge in [-0.3, -0.25) is 14.4 Å². The van der Waals surface area contributed by atoms with E-state index in [2.05, 4.69) is 28.6 Å². The average molecular weight is 469 g/mol. The van der Waals surface area contributed by atoms with E-state index in [9.17, 15) is 24.3 Å². The minimum Gasteiger partial charge on any atom is -0.508 e. The molecule has 0 saturated carbocycles. The molecule has 0 aliphatic carbocycles. The Bertz CT molecular complexity index is 802. The SMILES string of the molecule is CC(C)CC(N)C(=O)NC(C)C(=O)NC(Cc1ccc(O)cc1)C(=O)NC(CS)C(=O)O. The van der Waals surface area contributed by atoms with E-state index in [4.69, 9.17) is 10.8 Å². The van der Waals surface area contributed by atoms with Gasteiger partial charge in [-0.15, -0.1) is 0 Å². The lowest BCUT2D eigenvalue weighted by atomic mass is 10.0. The third-order valence-electron chi connectivity index (χ3n) is 4.62. The van der Waals surface area contributed by atoms with Gasteiger partial charge in [-0.05, 0) is 37.0 Å². The fourth-order valence-electron chi connectivity index (χ4n) is 2.83. The predicted molar refractivity (Wildman–Crippen MR) is 122 cm³/mol. The molecule has 0 radical (unpaired) electrons. The minimum absolute atomic E-state index is 0.0320. The van der Waals surface area contributed by atoms with Gasteiger partial charge in [0.15, 0.2) is 0 Å². The Morgan fingerprint density at radius 3 is 2.00 bits per heavy atom. The van der Waals surface area contributed by atoms with Crippen molar-refractivity contribution in [2.75, 3.05) is 5.75 Å². The standard InChI is InChI=1S/C21H32N4O6S/c1-11(2)8-15(22)19(28)23-12(3)18(27)24-16(9-13-4-6-14(26)7-5-13)20(29)25-17(10-32)21(30)31/h4-7,11-12,15-17,26,32H,8-10,22H2,1-3H3,(H,23,28)(H,24,27)(H,25,29)(H,30,31). The predicted octanol–water partition coefficient (Wildman–Crippen LogP) is -0.203. The largest absolute Gasteiger partial charge is 0.508 e. The molecular weight excluding hydrogens is 436 g/mol. The molecule has 0 spiro atoms. The average Bonchev–Trinajstić information content (AvgIpc) is 2.71. The lowest BCUT2D eigenvalue weighted by Gasteiger charge is -2.23. The zero-order chi connectivity index (χ0) is 24.4. The molecular formula is C21H32N4O6S. The second-order valence-corrected chi connectivity index (χ2v) is 8.35. The zero-order valence-electron chi connectivity index (χ0n) is 18.4. The fraction of sp³-hybridized carbons (Fsp3) is 0.524. The number of nitrogens with one attached hydrogen (secondary N) is 3. The normalized spacial score (nSPS) is 14.7. The number of nitrogens with two attached hydrogens (primary N) is 1. The van der Waals surface area contributed by atoms with E-state index in [1.54, 1.807) is 12.1 Å². The van der Waals surface area contributed by atoms with E-state index in [1.807, 2.05) is 13.8 Å². The summed E-state index contributed by atoms with van der Waals surface area (Å²) in [6.07, 6.45) is 0.483. The fourth-order valence-corrected chi connectivity index (χ4v) is 3.08. The Morgan fingerprint density at radius 2 is 1.50 bits per heavy atom. The van der Waals surface area contributed by atoms with E-state index in [0.717, 1.165) is 0 Å². The third kappa shape index (κ3) is 9.15. The molecule has 11 heteroatoms. The Kier molecular flexibility index (Phi) is 11.0. The van der Waals surface area contributed by atoms with E-state index >= 15 is 0 Å². The first-order valence-electron chi connectivity index (χ1n) is 10.2. The summed E-state index contributed by atoms with van der Waals surface area (Å²) in [5.41, 5.74) is 6.46. The first-order chi connectivity index (χ1) is 14.9. The van der Waals surface area contributed by atoms with Gasteiger partial charge in [-0.2, -0.15) is 12.6 Å². The summed E-state index contributed by atoms with van der Waals surface area (Å²) in [4.78, 5) is 48.8. The van der Waals surface area contributed by atoms with Gasteiger partial charge in [-0.1, -0.05) is 26.0 Å². The molecule has 32 heavy (non-hydrogen) atoms. The molecule has 0 aliphatic heterocycles. The van der Waals surface area contributed by atoms with Gasteiger partial charge in [0, 0.05) is 12.2 Å². The quantitative estimate of drug-likeness (QED) is 0.208. The third-order valence-corrected chi connectivity index (χ3v) is 4.99. The maximum Gasteiger partial charge on any atom is 0.327 e. The number of rotatable bonds is 12. The molecule has 0 saturated heterocycles. The minimum atomic E-state index is -1.26. The molecule has 1 rings (SSSR count). The van der Waals surface area contributed by atoms with Crippen LogP contribution in [-0.4, -0.2) is 63.8 Å². The number of amides is 3. The highest BCUT2D eigenvalue weighted by molar-refractivity contribution is 7.80. The van der Waals surface area contributed by atoms with Gasteiger partial charge >= 0.3 is 5.97 Å². The van der Waals surface area contributed by atoms with Crippen molar-refractivity contribution in [2.45, 2.75) is 57.8 Å². The number of aromatic hydroxyl groups is 1. The van der Waals surface area contributed by atoms with Crippen molar-refractivity contribution in [2.24, 2.45) is 11.7 Å². The Hall–Kier alpha value is -2.79. The Balaban J connectivity index is 2.91. The first kappa shape index (κ1) is 27.2. The molecule has 4 atom stereocenters. The molecule has 0 bridgehead atoms. The highest BCUT2D eigenvalue weighted by Crippen LogP contribution is 2.12. The van der Waals surface area contributed by atoms with Crippen molar-refractivity contribution < 1.29 is 29.4 Å². The van der Waals surface area contributed by atoms with Gasteiger partial charge in [0.2, 0.25) is 17.7 Å². The van der Waals surface area contributed by atoms with E-state index in [1.165, 1.54) is 19.1 Å². The summed E-state index contributed by atoms with van der Waals surface area (Å²) in [5.74, 6) is -3.00. The number of carbonyl (C=O) groups is 4. The number of thiol groups is 1. The van der Waals surface area contributed by atoms with Crippen LogP contribution in [0.3, 0.4) is 0 Å². The number of carboxylic acid groups (broad SMARTS) is 1. The number of phenolic OH excluding ortho intramolecular Hbond substituents is 1. The Morgan fingerprint density at radius 1 is 0.938 bits per heavy atom. The molecule has 10 nitrogen and oxygen atoms in total. The van der Waals surface area contributed by atoms with Crippen molar-refractivity contribution in [3.63, 3.8) is 0 Å². The van der Waals surface area contributed by atoms with Crippen molar-refractivity contribution in [1.82, 2.24) is 16.0 Å². The molecule has 0 aliphatic rings. The second kappa shape index (κ2) is 12.9. The molecule has 0 fully saturated rings. The summed E-state index contributed by atoms with van der Waals surface area (Å²) < 4.78 is 0. The van der Waals surface area contributed by atoms with Crippen LogP contribution in [-0.2, 0) is 25.6 Å².